The van der Waals surface area contributed by atoms with Crippen LogP contribution in [0.4, 0.5) is 17.3 Å². The molecule has 0 aliphatic heterocycles. The molecule has 6 aromatic carbocycles. The van der Waals surface area contributed by atoms with Crippen molar-refractivity contribution in [1.82, 2.24) is 9.97 Å². The second-order valence-electron chi connectivity index (χ2n) is 10.7. The lowest BCUT2D eigenvalue weighted by Gasteiger charge is -2.23. The average molecular weight is 550 g/mol. The highest BCUT2D eigenvalue weighted by Gasteiger charge is 2.18. The van der Waals surface area contributed by atoms with Gasteiger partial charge in [-0.3, -0.25) is 4.90 Å². The number of fused-ring (bicyclic) bond motifs is 3. The molecule has 0 radical (unpaired) electrons. The van der Waals surface area contributed by atoms with Crippen molar-refractivity contribution in [3.63, 3.8) is 0 Å². The molecule has 0 spiro atoms. The van der Waals surface area contributed by atoms with Crippen LogP contribution in [-0.2, 0) is 0 Å². The van der Waals surface area contributed by atoms with Crippen LogP contribution in [0.5, 0.6) is 0 Å². The smallest absolute Gasteiger partial charge is 0.138 e. The van der Waals surface area contributed by atoms with Gasteiger partial charge in [0, 0.05) is 18.1 Å². The summed E-state index contributed by atoms with van der Waals surface area (Å²) in [6.07, 6.45) is 3.63. The average Bonchev–Trinajstić information content (AvgIpc) is 3.08. The lowest BCUT2D eigenvalue weighted by Crippen LogP contribution is -2.12. The maximum Gasteiger partial charge on any atom is 0.138 e. The summed E-state index contributed by atoms with van der Waals surface area (Å²) in [7, 11) is 0. The normalized spacial score (nSPS) is 11.3. The molecule has 0 aliphatic rings. The molecule has 0 saturated carbocycles. The van der Waals surface area contributed by atoms with E-state index >= 15 is 0 Å². The molecule has 0 bridgehead atoms. The van der Waals surface area contributed by atoms with Crippen molar-refractivity contribution in [2.24, 2.45) is 0 Å². The van der Waals surface area contributed by atoms with Crippen LogP contribution >= 0.6 is 0 Å². The summed E-state index contributed by atoms with van der Waals surface area (Å²) in [6.45, 7) is 0. The van der Waals surface area contributed by atoms with Crippen LogP contribution in [0, 0.1) is 0 Å². The summed E-state index contributed by atoms with van der Waals surface area (Å²) in [5.41, 5.74) is 5.92. The van der Waals surface area contributed by atoms with Gasteiger partial charge >= 0.3 is 0 Å². The largest absolute Gasteiger partial charge is 0.279 e. The summed E-state index contributed by atoms with van der Waals surface area (Å²) in [4.78, 5) is 11.4. The highest BCUT2D eigenvalue weighted by molar-refractivity contribution is 6.21. The van der Waals surface area contributed by atoms with Gasteiger partial charge in [-0.25, -0.2) is 9.97 Å². The van der Waals surface area contributed by atoms with E-state index in [0.29, 0.717) is 0 Å². The Hall–Kier alpha value is -5.80. The van der Waals surface area contributed by atoms with E-state index in [4.69, 9.17) is 0 Å². The first-order valence-electron chi connectivity index (χ1n) is 14.5. The third-order valence-corrected chi connectivity index (χ3v) is 8.14. The van der Waals surface area contributed by atoms with Crippen LogP contribution in [-0.4, -0.2) is 9.97 Å². The van der Waals surface area contributed by atoms with Crippen LogP contribution in [0.1, 0.15) is 0 Å². The van der Waals surface area contributed by atoms with E-state index < -0.39 is 0 Å². The minimum atomic E-state index is 0.824. The molecular weight excluding hydrogens is 522 g/mol. The van der Waals surface area contributed by atoms with Crippen molar-refractivity contribution in [3.8, 4) is 22.3 Å². The Kier molecular flexibility index (Phi) is 6.12. The number of pyridine rings is 2. The highest BCUT2D eigenvalue weighted by atomic mass is 15.2. The van der Waals surface area contributed by atoms with E-state index in [0.717, 1.165) is 17.3 Å². The summed E-state index contributed by atoms with van der Waals surface area (Å²) in [5.74, 6) is 1.65. The molecule has 3 heteroatoms. The van der Waals surface area contributed by atoms with Crippen molar-refractivity contribution >= 4 is 49.6 Å². The van der Waals surface area contributed by atoms with Gasteiger partial charge in [0.1, 0.15) is 11.6 Å². The first-order chi connectivity index (χ1) is 21.3. The zero-order chi connectivity index (χ0) is 28.6. The van der Waals surface area contributed by atoms with Crippen molar-refractivity contribution in [2.45, 2.75) is 0 Å². The summed E-state index contributed by atoms with van der Waals surface area (Å²) >= 11 is 0. The number of aromatic nitrogens is 2. The number of rotatable bonds is 5. The third-order valence-electron chi connectivity index (χ3n) is 8.14. The molecule has 8 rings (SSSR count). The molecular formula is C40H27N3. The van der Waals surface area contributed by atoms with Crippen LogP contribution < -0.4 is 4.90 Å². The van der Waals surface area contributed by atoms with E-state index in [1.807, 2.05) is 48.8 Å². The second-order valence-corrected chi connectivity index (χ2v) is 10.7. The summed E-state index contributed by atoms with van der Waals surface area (Å²) < 4.78 is 0. The van der Waals surface area contributed by atoms with Gasteiger partial charge in [0.2, 0.25) is 0 Å². The van der Waals surface area contributed by atoms with Gasteiger partial charge in [-0.1, -0.05) is 109 Å². The van der Waals surface area contributed by atoms with E-state index in [1.165, 1.54) is 54.6 Å². The molecule has 2 heterocycles. The minimum Gasteiger partial charge on any atom is -0.279 e. The molecule has 0 unspecified atom stereocenters. The Balaban J connectivity index is 1.32. The van der Waals surface area contributed by atoms with Gasteiger partial charge in [0.05, 0.1) is 0 Å². The number of anilines is 3. The zero-order valence-electron chi connectivity index (χ0n) is 23.4. The second kappa shape index (κ2) is 10.6. The fourth-order valence-corrected chi connectivity index (χ4v) is 6.23. The first-order valence-corrected chi connectivity index (χ1v) is 14.5. The van der Waals surface area contributed by atoms with Gasteiger partial charge in [-0.15, -0.1) is 0 Å². The Morgan fingerprint density at radius 1 is 0.372 bits per heavy atom. The molecule has 0 fully saturated rings. The maximum atomic E-state index is 4.64. The third kappa shape index (κ3) is 4.39. The Labute approximate surface area is 250 Å². The number of benzene rings is 6. The molecule has 202 valence electrons. The fourth-order valence-electron chi connectivity index (χ4n) is 6.23. The minimum absolute atomic E-state index is 0.824. The first kappa shape index (κ1) is 25.0. The molecule has 8 aromatic rings. The van der Waals surface area contributed by atoms with Gasteiger partial charge < -0.3 is 0 Å². The Morgan fingerprint density at radius 3 is 1.37 bits per heavy atom. The standard InChI is InChI=1S/C40H27N3/c1-2-12-30-27-31(20-19-28(30)11-1)40-35-15-5-3-13-33(35)39(34-14-4-6-16-36(34)40)29-21-23-32(24-22-29)43(37-17-7-9-25-41-37)38-18-8-10-26-42-38/h1-27H. The van der Waals surface area contributed by atoms with E-state index in [2.05, 4.69) is 130 Å². The monoisotopic (exact) mass is 549 g/mol. The van der Waals surface area contributed by atoms with Gasteiger partial charge in [-0.2, -0.15) is 0 Å². The topological polar surface area (TPSA) is 29.0 Å². The van der Waals surface area contributed by atoms with Gasteiger partial charge in [0.25, 0.3) is 0 Å². The molecule has 43 heavy (non-hydrogen) atoms. The van der Waals surface area contributed by atoms with Gasteiger partial charge in [-0.05, 0) is 97.0 Å². The lowest BCUT2D eigenvalue weighted by molar-refractivity contribution is 1.13. The number of hydrogen-bond donors (Lipinski definition) is 0. The van der Waals surface area contributed by atoms with E-state index in [9.17, 15) is 0 Å². The molecule has 0 saturated heterocycles. The van der Waals surface area contributed by atoms with Crippen molar-refractivity contribution in [3.05, 3.63) is 164 Å². The van der Waals surface area contributed by atoms with Crippen LogP contribution in [0.2, 0.25) is 0 Å². The quantitative estimate of drug-likeness (QED) is 0.200. The van der Waals surface area contributed by atoms with Crippen molar-refractivity contribution < 1.29 is 0 Å². The SMILES string of the molecule is c1ccc(N(c2ccc(-c3c4ccccc4c(-c4ccc5ccccc5c4)c4ccccc34)cc2)c2ccccn2)nc1. The van der Waals surface area contributed by atoms with Crippen molar-refractivity contribution in [1.29, 1.82) is 0 Å². The van der Waals surface area contributed by atoms with Crippen molar-refractivity contribution in [2.75, 3.05) is 4.90 Å². The zero-order valence-corrected chi connectivity index (χ0v) is 23.4. The van der Waals surface area contributed by atoms with E-state index in [-0.39, 0.29) is 0 Å². The van der Waals surface area contributed by atoms with E-state index in [1.54, 1.807) is 0 Å². The molecule has 0 aliphatic carbocycles. The Morgan fingerprint density at radius 2 is 0.837 bits per heavy atom. The maximum absolute atomic E-state index is 4.64. The summed E-state index contributed by atoms with van der Waals surface area (Å²) in [6, 6.07) is 53.6. The Bertz CT molecular complexity index is 2130. The highest BCUT2D eigenvalue weighted by Crippen LogP contribution is 2.44. The predicted molar refractivity (Wildman–Crippen MR) is 180 cm³/mol. The number of nitrogens with zero attached hydrogens (tertiary/aromatic N) is 3. The summed E-state index contributed by atoms with van der Waals surface area (Å²) in [5, 5.41) is 7.48. The molecule has 0 amide bonds. The molecule has 2 aromatic heterocycles. The molecule has 0 N–H and O–H groups in total. The molecule has 3 nitrogen and oxygen atoms in total. The lowest BCUT2D eigenvalue weighted by atomic mass is 9.85. The predicted octanol–water partition coefficient (Wildman–Crippen LogP) is 10.7. The fraction of sp³-hybridized carbons (Fsp3) is 0. The molecule has 0 atom stereocenters. The van der Waals surface area contributed by atoms with Gasteiger partial charge in [0.15, 0.2) is 0 Å². The van der Waals surface area contributed by atoms with Crippen LogP contribution in [0.3, 0.4) is 0 Å². The van der Waals surface area contributed by atoms with Crippen LogP contribution in [0.15, 0.2) is 164 Å². The number of hydrogen-bond acceptors (Lipinski definition) is 3. The van der Waals surface area contributed by atoms with Crippen LogP contribution in [0.25, 0.3) is 54.6 Å².